The van der Waals surface area contributed by atoms with Crippen molar-refractivity contribution in [3.8, 4) is 0 Å². The van der Waals surface area contributed by atoms with E-state index in [9.17, 15) is 22.8 Å². The van der Waals surface area contributed by atoms with Crippen molar-refractivity contribution in [1.29, 1.82) is 0 Å². The number of aromatic amines is 2. The first-order chi connectivity index (χ1) is 17.7. The zero-order chi connectivity index (χ0) is 26.4. The van der Waals surface area contributed by atoms with Crippen LogP contribution in [0, 0.1) is 0 Å². The lowest BCUT2D eigenvalue weighted by molar-refractivity contribution is -0.635. The fourth-order valence-corrected chi connectivity index (χ4v) is 5.24. The van der Waals surface area contributed by atoms with E-state index in [1.165, 1.54) is 43.0 Å². The summed E-state index contributed by atoms with van der Waals surface area (Å²) < 4.78 is 27.8. The molecule has 1 aliphatic heterocycles. The van der Waals surface area contributed by atoms with E-state index in [1.807, 2.05) is 0 Å². The molecular weight excluding hydrogens is 498 g/mol. The lowest BCUT2D eigenvalue weighted by Gasteiger charge is -2.26. The number of likely N-dealkylation sites (tertiary alicyclic amines) is 1. The van der Waals surface area contributed by atoms with Gasteiger partial charge in [0.1, 0.15) is 0 Å². The summed E-state index contributed by atoms with van der Waals surface area (Å²) in [5.74, 6) is -0.940. The number of carbonyl (C=O) groups excluding carboxylic acids is 2. The number of nitrogen functional groups attached to an aromatic ring is 1. The van der Waals surface area contributed by atoms with Gasteiger partial charge >= 0.3 is 5.69 Å². The third kappa shape index (κ3) is 7.04. The van der Waals surface area contributed by atoms with E-state index >= 15 is 0 Å². The topological polar surface area (TPSA) is 173 Å². The summed E-state index contributed by atoms with van der Waals surface area (Å²) in [5, 5.41) is 2.65. The summed E-state index contributed by atoms with van der Waals surface area (Å²) in [5.41, 5.74) is 6.15. The number of amides is 1. The van der Waals surface area contributed by atoms with E-state index in [0.29, 0.717) is 35.5 Å². The van der Waals surface area contributed by atoms with Gasteiger partial charge in [-0.25, -0.2) is 28.8 Å². The molecule has 1 saturated heterocycles. The Bertz CT molecular complexity index is 1410. The number of rotatable bonds is 11. The lowest BCUT2D eigenvalue weighted by atomic mass is 10.1. The number of nitrogens with zero attached hydrogens (tertiary/aromatic N) is 1. The maximum absolute atomic E-state index is 12.8. The molecule has 1 fully saturated rings. The van der Waals surface area contributed by atoms with Crippen molar-refractivity contribution in [2.24, 2.45) is 0 Å². The van der Waals surface area contributed by atoms with Gasteiger partial charge in [-0.2, -0.15) is 0 Å². The molecule has 198 valence electrons. The number of H-pyrrole nitrogens is 2. The minimum Gasteiger partial charge on any atom is -0.320 e. The Labute approximate surface area is 214 Å². The van der Waals surface area contributed by atoms with Crippen LogP contribution in [0.3, 0.4) is 0 Å². The highest BCUT2D eigenvalue weighted by atomic mass is 32.2. The molecule has 1 aliphatic rings. The second kappa shape index (κ2) is 11.7. The molecule has 1 atom stereocenters. The van der Waals surface area contributed by atoms with Crippen molar-refractivity contribution in [3.63, 3.8) is 0 Å². The third-order valence-corrected chi connectivity index (χ3v) is 7.73. The number of nitrogens with two attached hydrogens (primary N) is 1. The molecule has 2 heterocycles. The largest absolute Gasteiger partial charge is 0.323 e. The Morgan fingerprint density at radius 1 is 1.00 bits per heavy atom. The molecule has 7 N–H and O–H groups in total. The normalized spacial score (nSPS) is 15.4. The minimum absolute atomic E-state index is 0.0960. The number of benzene rings is 2. The number of quaternary nitrogens is 1. The highest BCUT2D eigenvalue weighted by Gasteiger charge is 2.27. The Morgan fingerprint density at radius 2 is 1.68 bits per heavy atom. The molecule has 0 spiro atoms. The molecule has 0 radical (unpaired) electrons. The van der Waals surface area contributed by atoms with Crippen LogP contribution in [0.25, 0.3) is 11.0 Å². The zero-order valence-corrected chi connectivity index (χ0v) is 21.4. The number of hydrogen-bond donors (Lipinski definition) is 6. The number of imidazole rings is 1. The van der Waals surface area contributed by atoms with E-state index < -0.39 is 22.0 Å². The van der Waals surface area contributed by atoms with E-state index in [1.54, 1.807) is 18.2 Å². The monoisotopic (exact) mass is 530 g/mol. The van der Waals surface area contributed by atoms with E-state index in [4.69, 9.17) is 0 Å². The lowest BCUT2D eigenvalue weighted by Crippen LogP contribution is -2.97. The van der Waals surface area contributed by atoms with Crippen molar-refractivity contribution < 1.29 is 23.4 Å². The van der Waals surface area contributed by atoms with Crippen LogP contribution < -0.4 is 26.6 Å². The van der Waals surface area contributed by atoms with Gasteiger partial charge < -0.3 is 20.2 Å². The van der Waals surface area contributed by atoms with Crippen molar-refractivity contribution in [1.82, 2.24) is 19.6 Å². The molecule has 1 amide bonds. The van der Waals surface area contributed by atoms with Crippen LogP contribution in [-0.2, 0) is 19.6 Å². The van der Waals surface area contributed by atoms with Crippen molar-refractivity contribution >= 4 is 44.1 Å². The minimum atomic E-state index is -3.67. The molecule has 3 aromatic rings. The van der Waals surface area contributed by atoms with Gasteiger partial charge in [0.15, 0.2) is 5.78 Å². The number of hydrogen-bond acceptors (Lipinski definition) is 7. The average molecular weight is 531 g/mol. The van der Waals surface area contributed by atoms with Gasteiger partial charge in [0, 0.05) is 25.7 Å². The average Bonchev–Trinajstić information content (AvgIpc) is 3.24. The number of nitrogens with one attached hydrogen (secondary N) is 5. The molecule has 1 unspecified atom stereocenters. The van der Waals surface area contributed by atoms with Crippen molar-refractivity contribution in [3.05, 3.63) is 52.9 Å². The van der Waals surface area contributed by atoms with Crippen LogP contribution in [-0.4, -0.2) is 67.2 Å². The molecular formula is C24H32N7O5S+. The number of sulfonamides is 1. The van der Waals surface area contributed by atoms with Gasteiger partial charge in [-0.05, 0) is 68.4 Å². The Balaban J connectivity index is 1.32. The summed E-state index contributed by atoms with van der Waals surface area (Å²) >= 11 is 0. The second-order valence-electron chi connectivity index (χ2n) is 9.05. The van der Waals surface area contributed by atoms with Crippen LogP contribution in [0.5, 0.6) is 0 Å². The van der Waals surface area contributed by atoms with Crippen LogP contribution in [0.1, 0.15) is 26.2 Å². The summed E-state index contributed by atoms with van der Waals surface area (Å²) in [4.78, 5) is 44.0. The summed E-state index contributed by atoms with van der Waals surface area (Å²) in [6.07, 6.45) is 3.51. The Kier molecular flexibility index (Phi) is 8.38. The first-order valence-electron chi connectivity index (χ1n) is 12.2. The summed E-state index contributed by atoms with van der Waals surface area (Å²) in [7, 11) is -3.67. The van der Waals surface area contributed by atoms with Gasteiger partial charge in [0.25, 0.3) is 5.91 Å². The number of piperidine rings is 1. The molecule has 2 aromatic carbocycles. The molecule has 1 aromatic heterocycles. The predicted octanol–water partition coefficient (Wildman–Crippen LogP) is 0.107. The maximum Gasteiger partial charge on any atom is 0.323 e. The molecule has 37 heavy (non-hydrogen) atoms. The number of ketones is 1. The van der Waals surface area contributed by atoms with Crippen molar-refractivity contribution in [2.75, 3.05) is 36.9 Å². The molecule has 0 bridgehead atoms. The SMILES string of the molecule is CC(=O)C([NH2+]Nc1ccc2[nH]c(=O)[nH]c2c1)C(=O)Nc1ccc(S(=O)(=O)NCCN2CCCCC2)cc1. The highest BCUT2D eigenvalue weighted by molar-refractivity contribution is 7.89. The smallest absolute Gasteiger partial charge is 0.320 e. The number of fused-ring (bicyclic) bond motifs is 1. The van der Waals surface area contributed by atoms with E-state index in [0.717, 1.165) is 25.9 Å². The Hall–Kier alpha value is -3.52. The molecule has 0 saturated carbocycles. The fraction of sp³-hybridized carbons (Fsp3) is 0.375. The first kappa shape index (κ1) is 26.5. The molecule has 4 rings (SSSR count). The van der Waals surface area contributed by atoms with E-state index in [-0.39, 0.29) is 16.4 Å². The fourth-order valence-electron chi connectivity index (χ4n) is 4.22. The van der Waals surface area contributed by atoms with Crippen LogP contribution in [0.4, 0.5) is 11.4 Å². The van der Waals surface area contributed by atoms with Crippen LogP contribution in [0.2, 0.25) is 0 Å². The number of aromatic nitrogens is 2. The van der Waals surface area contributed by atoms with Crippen LogP contribution in [0.15, 0.2) is 52.2 Å². The predicted molar refractivity (Wildman–Crippen MR) is 139 cm³/mol. The molecule has 0 aliphatic carbocycles. The summed E-state index contributed by atoms with van der Waals surface area (Å²) in [6.45, 7) is 4.29. The first-order valence-corrected chi connectivity index (χ1v) is 13.6. The zero-order valence-electron chi connectivity index (χ0n) is 20.5. The summed E-state index contributed by atoms with van der Waals surface area (Å²) in [6, 6.07) is 9.78. The molecule has 12 nitrogen and oxygen atoms in total. The van der Waals surface area contributed by atoms with Gasteiger partial charge in [-0.3, -0.25) is 9.59 Å². The maximum atomic E-state index is 12.8. The second-order valence-corrected chi connectivity index (χ2v) is 10.8. The van der Waals surface area contributed by atoms with E-state index in [2.05, 4.69) is 30.3 Å². The van der Waals surface area contributed by atoms with Gasteiger partial charge in [0.05, 0.1) is 21.6 Å². The third-order valence-electron chi connectivity index (χ3n) is 6.25. The highest BCUT2D eigenvalue weighted by Crippen LogP contribution is 2.15. The van der Waals surface area contributed by atoms with Gasteiger partial charge in [0.2, 0.25) is 16.1 Å². The number of Topliss-reactive ketones (excluding diaryl/α,β-unsaturated/α-hetero) is 1. The quantitative estimate of drug-likeness (QED) is 0.116. The number of anilines is 2. The van der Waals surface area contributed by atoms with Crippen LogP contribution >= 0.6 is 0 Å². The standard InChI is InChI=1S/C24H31N7O5S/c1-16(32)22(30-29-18-7-10-20-21(15-18)28-24(34)27-20)23(33)26-17-5-8-19(9-6-17)37(35,36)25-11-14-31-12-3-2-4-13-31/h5-10,15,22,25,29-30H,2-4,11-14H2,1H3,(H,26,33)(H2,27,28,34)/p+1. The molecule has 13 heteroatoms. The van der Waals surface area contributed by atoms with Gasteiger partial charge in [-0.1, -0.05) is 6.42 Å². The Morgan fingerprint density at radius 3 is 2.38 bits per heavy atom. The van der Waals surface area contributed by atoms with Gasteiger partial charge in [-0.15, -0.1) is 0 Å². The number of carbonyl (C=O) groups is 2. The van der Waals surface area contributed by atoms with Crippen molar-refractivity contribution in [2.45, 2.75) is 37.1 Å².